The summed E-state index contributed by atoms with van der Waals surface area (Å²) >= 11 is 0. The van der Waals surface area contributed by atoms with Gasteiger partial charge >= 0.3 is 0 Å². The zero-order valence-electron chi connectivity index (χ0n) is 13.5. The maximum atomic E-state index is 15.0. The summed E-state index contributed by atoms with van der Waals surface area (Å²) in [4.78, 5) is 4.71. The maximum absolute atomic E-state index is 15.0. The van der Waals surface area contributed by atoms with E-state index in [0.29, 0.717) is 24.5 Å². The van der Waals surface area contributed by atoms with Gasteiger partial charge in [0.1, 0.15) is 0 Å². The zero-order valence-corrected chi connectivity index (χ0v) is 13.5. The molecule has 0 saturated heterocycles. The Kier molecular flexibility index (Phi) is 4.55. The lowest BCUT2D eigenvalue weighted by Gasteiger charge is -2.20. The monoisotopic (exact) mass is 293 g/mol. The highest BCUT2D eigenvalue weighted by molar-refractivity contribution is 6.05. The minimum Gasteiger partial charge on any atom is -0.490 e. The Morgan fingerprint density at radius 1 is 1.14 bits per heavy atom. The number of rotatable bonds is 6. The average Bonchev–Trinajstić information content (AvgIpc) is 2.66. The van der Waals surface area contributed by atoms with E-state index in [9.17, 15) is 4.39 Å². The van der Waals surface area contributed by atoms with Crippen molar-refractivity contribution in [2.75, 3.05) is 13.2 Å². The van der Waals surface area contributed by atoms with E-state index in [1.807, 2.05) is 33.8 Å². The average molecular weight is 293 g/mol. The molecule has 2 rings (SSSR count). The molecule has 1 aliphatic rings. The maximum Gasteiger partial charge on any atom is 0.197 e. The first-order chi connectivity index (χ1) is 9.96. The van der Waals surface area contributed by atoms with Crippen molar-refractivity contribution in [3.8, 4) is 11.5 Å². The van der Waals surface area contributed by atoms with Crippen LogP contribution in [-0.4, -0.2) is 18.9 Å². The van der Waals surface area contributed by atoms with Gasteiger partial charge in [-0.05, 0) is 45.7 Å². The Labute approximate surface area is 126 Å². The van der Waals surface area contributed by atoms with E-state index in [1.165, 1.54) is 0 Å². The van der Waals surface area contributed by atoms with Crippen LogP contribution in [0.15, 0.2) is 11.1 Å². The van der Waals surface area contributed by atoms with Gasteiger partial charge in [-0.2, -0.15) is 0 Å². The van der Waals surface area contributed by atoms with Crippen LogP contribution in [0, 0.1) is 5.82 Å². The van der Waals surface area contributed by atoms with Crippen LogP contribution in [0.4, 0.5) is 4.39 Å². The Bertz CT molecular complexity index is 564. The van der Waals surface area contributed by atoms with Gasteiger partial charge in [-0.3, -0.25) is 4.99 Å². The summed E-state index contributed by atoms with van der Waals surface area (Å²) in [6.07, 6.45) is 1.71. The minimum atomic E-state index is -0.419. The van der Waals surface area contributed by atoms with E-state index in [1.54, 1.807) is 0 Å². The lowest BCUT2D eigenvalue weighted by atomic mass is 9.91. The predicted octanol–water partition coefficient (Wildman–Crippen LogP) is 4.46. The van der Waals surface area contributed by atoms with Crippen molar-refractivity contribution in [1.82, 2.24) is 0 Å². The molecule has 116 valence electrons. The van der Waals surface area contributed by atoms with Crippen LogP contribution in [0.2, 0.25) is 0 Å². The molecule has 1 heterocycles. The van der Waals surface area contributed by atoms with E-state index in [0.717, 1.165) is 24.1 Å². The molecule has 0 fully saturated rings. The standard InChI is InChI=1S/C17H24FNO2/c1-6-9-12-14-11(17(4,5)19-12)10-13(20-7-2)16(15(14)18)21-8-3/h10H,6-9H2,1-5H3. The first-order valence-electron chi connectivity index (χ1n) is 7.67. The molecule has 3 nitrogen and oxygen atoms in total. The van der Waals surface area contributed by atoms with Gasteiger partial charge in [-0.15, -0.1) is 0 Å². The SMILES string of the molecule is CCCC1=NC(C)(C)c2cc(OCC)c(OCC)c(F)c21. The second kappa shape index (κ2) is 6.04. The number of hydrogen-bond donors (Lipinski definition) is 0. The fourth-order valence-corrected chi connectivity index (χ4v) is 2.79. The van der Waals surface area contributed by atoms with Gasteiger partial charge in [0, 0.05) is 11.3 Å². The molecule has 21 heavy (non-hydrogen) atoms. The molecule has 0 spiro atoms. The highest BCUT2D eigenvalue weighted by Crippen LogP contribution is 2.44. The number of fused-ring (bicyclic) bond motifs is 1. The number of benzene rings is 1. The van der Waals surface area contributed by atoms with Crippen molar-refractivity contribution in [2.24, 2.45) is 4.99 Å². The second-order valence-electron chi connectivity index (χ2n) is 5.67. The summed E-state index contributed by atoms with van der Waals surface area (Å²) in [6.45, 7) is 10.7. The second-order valence-corrected chi connectivity index (χ2v) is 5.67. The number of halogens is 1. The van der Waals surface area contributed by atoms with Crippen molar-refractivity contribution in [1.29, 1.82) is 0 Å². The molecule has 4 heteroatoms. The quantitative estimate of drug-likeness (QED) is 0.775. The molecular weight excluding hydrogens is 269 g/mol. The van der Waals surface area contributed by atoms with Gasteiger partial charge in [-0.1, -0.05) is 13.3 Å². The summed E-state index contributed by atoms with van der Waals surface area (Å²) in [6, 6.07) is 1.89. The molecule has 0 atom stereocenters. The van der Waals surface area contributed by atoms with Crippen LogP contribution in [-0.2, 0) is 5.54 Å². The molecule has 1 aromatic carbocycles. The Morgan fingerprint density at radius 3 is 2.38 bits per heavy atom. The van der Waals surface area contributed by atoms with E-state index in [2.05, 4.69) is 6.92 Å². The molecule has 0 aliphatic carbocycles. The van der Waals surface area contributed by atoms with Gasteiger partial charge in [0.2, 0.25) is 0 Å². The normalized spacial score (nSPS) is 15.6. The van der Waals surface area contributed by atoms with Crippen LogP contribution in [0.25, 0.3) is 0 Å². The Hall–Kier alpha value is -1.58. The summed E-state index contributed by atoms with van der Waals surface area (Å²) in [5, 5.41) is 0. The van der Waals surface area contributed by atoms with Crippen LogP contribution >= 0.6 is 0 Å². The fraction of sp³-hybridized carbons (Fsp3) is 0.588. The van der Waals surface area contributed by atoms with Gasteiger partial charge in [0.05, 0.1) is 18.8 Å². The summed E-state index contributed by atoms with van der Waals surface area (Å²) in [5.41, 5.74) is 1.90. The van der Waals surface area contributed by atoms with E-state index >= 15 is 0 Å². The van der Waals surface area contributed by atoms with E-state index < -0.39 is 5.54 Å². The summed E-state index contributed by atoms with van der Waals surface area (Å²) in [7, 11) is 0. The van der Waals surface area contributed by atoms with Crippen LogP contribution < -0.4 is 9.47 Å². The molecule has 0 aromatic heterocycles. The number of nitrogens with zero attached hydrogens (tertiary/aromatic N) is 1. The molecule has 0 amide bonds. The first kappa shape index (κ1) is 15.8. The predicted molar refractivity (Wildman–Crippen MR) is 83.2 cm³/mol. The molecule has 0 unspecified atom stereocenters. The lowest BCUT2D eigenvalue weighted by molar-refractivity contribution is 0.274. The van der Waals surface area contributed by atoms with Crippen molar-refractivity contribution >= 4 is 5.71 Å². The zero-order chi connectivity index (χ0) is 15.6. The third-order valence-corrected chi connectivity index (χ3v) is 3.62. The molecule has 0 radical (unpaired) electrons. The first-order valence-corrected chi connectivity index (χ1v) is 7.67. The Morgan fingerprint density at radius 2 is 1.81 bits per heavy atom. The van der Waals surface area contributed by atoms with Gasteiger partial charge < -0.3 is 9.47 Å². The third kappa shape index (κ3) is 2.76. The van der Waals surface area contributed by atoms with E-state index in [4.69, 9.17) is 14.5 Å². The number of hydrogen-bond acceptors (Lipinski definition) is 3. The molecule has 0 saturated carbocycles. The van der Waals surface area contributed by atoms with Crippen LogP contribution in [0.1, 0.15) is 58.6 Å². The van der Waals surface area contributed by atoms with Gasteiger partial charge in [0.25, 0.3) is 0 Å². The lowest BCUT2D eigenvalue weighted by Crippen LogP contribution is -2.13. The van der Waals surface area contributed by atoms with Crippen LogP contribution in [0.3, 0.4) is 0 Å². The smallest absolute Gasteiger partial charge is 0.197 e. The molecule has 1 aliphatic heterocycles. The molecule has 0 N–H and O–H groups in total. The highest BCUT2D eigenvalue weighted by Gasteiger charge is 2.36. The van der Waals surface area contributed by atoms with Crippen molar-refractivity contribution in [2.45, 2.75) is 53.0 Å². The molecular formula is C17H24FNO2. The highest BCUT2D eigenvalue weighted by atomic mass is 19.1. The van der Waals surface area contributed by atoms with E-state index in [-0.39, 0.29) is 11.6 Å². The van der Waals surface area contributed by atoms with Gasteiger partial charge in [0.15, 0.2) is 17.3 Å². The largest absolute Gasteiger partial charge is 0.490 e. The Balaban J connectivity index is 2.63. The van der Waals surface area contributed by atoms with Crippen molar-refractivity contribution in [3.05, 3.63) is 23.0 Å². The minimum absolute atomic E-state index is 0.208. The molecule has 0 bridgehead atoms. The fourth-order valence-electron chi connectivity index (χ4n) is 2.79. The topological polar surface area (TPSA) is 30.8 Å². The van der Waals surface area contributed by atoms with Crippen molar-refractivity contribution < 1.29 is 13.9 Å². The number of aliphatic imine (C=N–C) groups is 1. The summed E-state index contributed by atoms with van der Waals surface area (Å²) < 4.78 is 26.0. The van der Waals surface area contributed by atoms with Gasteiger partial charge in [-0.25, -0.2) is 4.39 Å². The third-order valence-electron chi connectivity index (χ3n) is 3.62. The number of ether oxygens (including phenoxy) is 2. The van der Waals surface area contributed by atoms with Crippen molar-refractivity contribution in [3.63, 3.8) is 0 Å². The van der Waals surface area contributed by atoms with Crippen LogP contribution in [0.5, 0.6) is 11.5 Å². The molecule has 1 aromatic rings. The summed E-state index contributed by atoms with van der Waals surface area (Å²) in [5.74, 6) is 0.340.